The van der Waals surface area contributed by atoms with Crippen LogP contribution in [0.1, 0.15) is 66.7 Å². The van der Waals surface area contributed by atoms with Gasteiger partial charge in [0.1, 0.15) is 5.75 Å². The monoisotopic (exact) mass is 520 g/mol. The Bertz CT molecular complexity index is 1200. The summed E-state index contributed by atoms with van der Waals surface area (Å²) >= 11 is 18.6. The van der Waals surface area contributed by atoms with E-state index in [9.17, 15) is 9.59 Å². The number of carbonyl (C=O) groups excluding carboxylic acids is 1. The molecule has 1 aromatic heterocycles. The van der Waals surface area contributed by atoms with E-state index in [2.05, 4.69) is 18.9 Å². The minimum absolute atomic E-state index is 0.132. The highest BCUT2D eigenvalue weighted by Crippen LogP contribution is 2.32. The smallest absolute Gasteiger partial charge is 0.266 e. The molecule has 0 atom stereocenters. The molecule has 3 rings (SSSR count). The fourth-order valence-electron chi connectivity index (χ4n) is 3.48. The molecule has 0 aliphatic heterocycles. The van der Waals surface area contributed by atoms with E-state index in [1.54, 1.807) is 24.3 Å². The number of hydrogen-bond donors (Lipinski definition) is 0. The van der Waals surface area contributed by atoms with E-state index in [4.69, 9.17) is 39.5 Å². The highest BCUT2D eigenvalue weighted by Gasteiger charge is 2.20. The summed E-state index contributed by atoms with van der Waals surface area (Å²) in [5.74, 6) is 0.361. The molecular formula is C26H27Cl3N2O3. The lowest BCUT2D eigenvalue weighted by Gasteiger charge is -2.14. The fourth-order valence-corrected chi connectivity index (χ4v) is 4.47. The molecule has 180 valence electrons. The maximum atomic E-state index is 13.3. The number of aromatic nitrogens is 2. The van der Waals surface area contributed by atoms with Crippen molar-refractivity contribution < 1.29 is 9.53 Å². The Hall–Kier alpha value is -2.34. The minimum atomic E-state index is -0.311. The summed E-state index contributed by atoms with van der Waals surface area (Å²) in [5, 5.41) is 5.26. The van der Waals surface area contributed by atoms with Crippen LogP contribution in [0.3, 0.4) is 0 Å². The van der Waals surface area contributed by atoms with Crippen LogP contribution in [-0.4, -0.2) is 22.2 Å². The summed E-state index contributed by atoms with van der Waals surface area (Å²) in [7, 11) is 0. The molecule has 0 fully saturated rings. The predicted octanol–water partition coefficient (Wildman–Crippen LogP) is 7.00. The Morgan fingerprint density at radius 1 is 0.971 bits per heavy atom. The zero-order chi connectivity index (χ0) is 24.7. The molecule has 0 unspecified atom stereocenters. The number of unbranched alkanes of at least 4 members (excludes halogenated alkanes) is 2. The third kappa shape index (κ3) is 6.62. The van der Waals surface area contributed by atoms with Crippen molar-refractivity contribution in [2.45, 2.75) is 52.5 Å². The number of carbonyl (C=O) groups is 1. The van der Waals surface area contributed by atoms with E-state index in [1.807, 2.05) is 0 Å². The number of halogens is 3. The van der Waals surface area contributed by atoms with Crippen molar-refractivity contribution in [3.8, 4) is 5.75 Å². The van der Waals surface area contributed by atoms with Gasteiger partial charge in [0.2, 0.25) is 0 Å². The Morgan fingerprint density at radius 2 is 1.68 bits per heavy atom. The SMILES string of the molecule is CCCCOc1ccc(C(=O)c2c(Cl)cc(Cl)cc2Cl)cc1Cc1ccc(=O)n(CCCC)n1. The molecule has 0 radical (unpaired) electrons. The molecule has 0 N–H and O–H groups in total. The predicted molar refractivity (Wildman–Crippen MR) is 138 cm³/mol. The van der Waals surface area contributed by atoms with Crippen LogP contribution in [0.5, 0.6) is 5.75 Å². The van der Waals surface area contributed by atoms with Crippen LogP contribution >= 0.6 is 34.8 Å². The van der Waals surface area contributed by atoms with Crippen molar-refractivity contribution in [3.05, 3.63) is 90.3 Å². The second kappa shape index (κ2) is 12.4. The van der Waals surface area contributed by atoms with E-state index >= 15 is 0 Å². The highest BCUT2D eigenvalue weighted by molar-refractivity contribution is 6.43. The summed E-state index contributed by atoms with van der Waals surface area (Å²) in [6.45, 7) is 5.29. The number of nitrogens with zero attached hydrogens (tertiary/aromatic N) is 2. The molecule has 34 heavy (non-hydrogen) atoms. The molecule has 0 aliphatic carbocycles. The second-order valence-corrected chi connectivity index (χ2v) is 9.27. The minimum Gasteiger partial charge on any atom is -0.493 e. The van der Waals surface area contributed by atoms with Crippen LogP contribution in [0.25, 0.3) is 0 Å². The maximum absolute atomic E-state index is 13.3. The molecule has 0 saturated heterocycles. The summed E-state index contributed by atoms with van der Waals surface area (Å²) in [4.78, 5) is 25.4. The van der Waals surface area contributed by atoms with Gasteiger partial charge in [0.25, 0.3) is 5.56 Å². The van der Waals surface area contributed by atoms with E-state index in [1.165, 1.54) is 22.9 Å². The van der Waals surface area contributed by atoms with Crippen LogP contribution in [0, 0.1) is 0 Å². The topological polar surface area (TPSA) is 61.2 Å². The van der Waals surface area contributed by atoms with Gasteiger partial charge < -0.3 is 4.74 Å². The Balaban J connectivity index is 1.98. The van der Waals surface area contributed by atoms with E-state index < -0.39 is 0 Å². The van der Waals surface area contributed by atoms with E-state index in [-0.39, 0.29) is 27.0 Å². The number of hydrogen-bond acceptors (Lipinski definition) is 4. The third-order valence-corrected chi connectivity index (χ3v) is 6.14. The molecular weight excluding hydrogens is 495 g/mol. The van der Waals surface area contributed by atoms with Gasteiger partial charge in [0.05, 0.1) is 27.9 Å². The van der Waals surface area contributed by atoms with Crippen LogP contribution < -0.4 is 10.3 Å². The quantitative estimate of drug-likeness (QED) is 0.201. The standard InChI is InChI=1S/C26H27Cl3N2O3/c1-3-5-11-31-24(32)10-8-20(30-31)14-18-13-17(7-9-23(18)34-12-6-4-2)26(33)25-21(28)15-19(27)16-22(25)29/h7-10,13,15-16H,3-6,11-12,14H2,1-2H3. The van der Waals surface area contributed by atoms with Crippen LogP contribution in [0.15, 0.2) is 47.3 Å². The average molecular weight is 522 g/mol. The van der Waals surface area contributed by atoms with Crippen molar-refractivity contribution in [1.82, 2.24) is 9.78 Å². The first kappa shape index (κ1) is 26.3. The Morgan fingerprint density at radius 3 is 2.35 bits per heavy atom. The van der Waals surface area contributed by atoms with Gasteiger partial charge in [0.15, 0.2) is 5.78 Å². The van der Waals surface area contributed by atoms with Gasteiger partial charge in [-0.05, 0) is 49.2 Å². The van der Waals surface area contributed by atoms with Gasteiger partial charge in [-0.1, -0.05) is 61.5 Å². The van der Waals surface area contributed by atoms with Crippen molar-refractivity contribution in [1.29, 1.82) is 0 Å². The Kier molecular flexibility index (Phi) is 9.57. The lowest BCUT2D eigenvalue weighted by molar-refractivity contribution is 0.103. The fraction of sp³-hybridized carbons (Fsp3) is 0.346. The lowest BCUT2D eigenvalue weighted by Crippen LogP contribution is -2.23. The zero-order valence-corrected chi connectivity index (χ0v) is 21.5. The Labute approximate surface area is 214 Å². The molecule has 5 nitrogen and oxygen atoms in total. The first-order chi connectivity index (χ1) is 16.3. The van der Waals surface area contributed by atoms with E-state index in [0.717, 1.165) is 31.2 Å². The van der Waals surface area contributed by atoms with Crippen molar-refractivity contribution in [2.75, 3.05) is 6.61 Å². The van der Waals surface area contributed by atoms with Crippen molar-refractivity contribution >= 4 is 40.6 Å². The normalized spacial score (nSPS) is 11.0. The number of rotatable bonds is 11. The second-order valence-electron chi connectivity index (χ2n) is 8.01. The first-order valence-electron chi connectivity index (χ1n) is 11.4. The maximum Gasteiger partial charge on any atom is 0.266 e. The van der Waals surface area contributed by atoms with Crippen molar-refractivity contribution in [2.24, 2.45) is 0 Å². The highest BCUT2D eigenvalue weighted by atomic mass is 35.5. The third-order valence-electron chi connectivity index (χ3n) is 5.33. The first-order valence-corrected chi connectivity index (χ1v) is 12.5. The molecule has 0 amide bonds. The molecule has 0 bridgehead atoms. The van der Waals surface area contributed by atoms with Crippen LogP contribution in [-0.2, 0) is 13.0 Å². The molecule has 3 aromatic rings. The molecule has 0 spiro atoms. The molecule has 8 heteroatoms. The van der Waals surface area contributed by atoms with Gasteiger partial charge >= 0.3 is 0 Å². The number of aryl methyl sites for hydroxylation is 1. The summed E-state index contributed by atoms with van der Waals surface area (Å²) in [5.41, 5.74) is 1.99. The summed E-state index contributed by atoms with van der Waals surface area (Å²) in [6.07, 6.45) is 4.15. The van der Waals surface area contributed by atoms with Crippen molar-refractivity contribution in [3.63, 3.8) is 0 Å². The molecule has 1 heterocycles. The zero-order valence-electron chi connectivity index (χ0n) is 19.2. The molecule has 0 saturated carbocycles. The van der Waals surface area contributed by atoms with Crippen LogP contribution in [0.4, 0.5) is 0 Å². The number of ether oxygens (including phenoxy) is 1. The van der Waals surface area contributed by atoms with Crippen LogP contribution in [0.2, 0.25) is 15.1 Å². The van der Waals surface area contributed by atoms with Gasteiger partial charge in [-0.15, -0.1) is 0 Å². The van der Waals surface area contributed by atoms with Gasteiger partial charge in [-0.25, -0.2) is 4.68 Å². The largest absolute Gasteiger partial charge is 0.493 e. The number of ketones is 1. The van der Waals surface area contributed by atoms with Gasteiger partial charge in [-0.3, -0.25) is 9.59 Å². The average Bonchev–Trinajstić information content (AvgIpc) is 2.79. The summed E-state index contributed by atoms with van der Waals surface area (Å²) < 4.78 is 7.48. The van der Waals surface area contributed by atoms with E-state index in [0.29, 0.717) is 41.6 Å². The molecule has 2 aromatic carbocycles. The van der Waals surface area contributed by atoms with Gasteiger partial charge in [0, 0.05) is 35.2 Å². The molecule has 0 aliphatic rings. The summed E-state index contributed by atoms with van der Waals surface area (Å²) in [6, 6.07) is 11.5. The number of benzene rings is 2. The lowest BCUT2D eigenvalue weighted by atomic mass is 9.98. The van der Waals surface area contributed by atoms with Gasteiger partial charge in [-0.2, -0.15) is 5.10 Å².